The summed E-state index contributed by atoms with van der Waals surface area (Å²) in [7, 11) is 0. The molecular formula is C15H22FNO2. The number of aryl methyl sites for hydroxylation is 1. The first kappa shape index (κ1) is 14.3. The van der Waals surface area contributed by atoms with Gasteiger partial charge in [0.25, 0.3) is 0 Å². The monoisotopic (exact) mass is 267 g/mol. The van der Waals surface area contributed by atoms with Gasteiger partial charge in [0.05, 0.1) is 12.2 Å². The standard InChI is InChI=1S/C15H22FNO2/c1-3-17-9-12-7-8-13(19-12)10-18-14-6-4-5-11(2)15(14)16/h4-6,12-13,17H,3,7-10H2,1-2H3. The second-order valence-electron chi connectivity index (χ2n) is 4.96. The van der Waals surface area contributed by atoms with E-state index in [0.717, 1.165) is 25.9 Å². The van der Waals surface area contributed by atoms with E-state index in [4.69, 9.17) is 9.47 Å². The zero-order valence-corrected chi connectivity index (χ0v) is 11.6. The van der Waals surface area contributed by atoms with E-state index >= 15 is 0 Å². The summed E-state index contributed by atoms with van der Waals surface area (Å²) >= 11 is 0. The van der Waals surface area contributed by atoms with Crippen LogP contribution >= 0.6 is 0 Å². The van der Waals surface area contributed by atoms with Gasteiger partial charge in [-0.2, -0.15) is 0 Å². The van der Waals surface area contributed by atoms with Gasteiger partial charge in [-0.1, -0.05) is 19.1 Å². The van der Waals surface area contributed by atoms with Gasteiger partial charge in [0.2, 0.25) is 0 Å². The van der Waals surface area contributed by atoms with E-state index < -0.39 is 0 Å². The van der Waals surface area contributed by atoms with Crippen molar-refractivity contribution in [3.05, 3.63) is 29.6 Å². The van der Waals surface area contributed by atoms with Crippen molar-refractivity contribution < 1.29 is 13.9 Å². The predicted octanol–water partition coefficient (Wildman–Crippen LogP) is 2.67. The van der Waals surface area contributed by atoms with Crippen LogP contribution in [-0.4, -0.2) is 31.9 Å². The molecule has 1 aliphatic heterocycles. The van der Waals surface area contributed by atoms with E-state index in [1.54, 1.807) is 25.1 Å². The molecule has 0 aromatic heterocycles. The van der Waals surface area contributed by atoms with Crippen LogP contribution in [0.25, 0.3) is 0 Å². The Kier molecular flexibility index (Phi) is 5.16. The molecule has 1 N–H and O–H groups in total. The molecule has 2 rings (SSSR count). The summed E-state index contributed by atoms with van der Waals surface area (Å²) in [5.74, 6) is 0.0448. The lowest BCUT2D eigenvalue weighted by atomic mass is 10.2. The second kappa shape index (κ2) is 6.87. The summed E-state index contributed by atoms with van der Waals surface area (Å²) in [6, 6.07) is 5.20. The molecule has 1 heterocycles. The molecule has 1 aromatic rings. The smallest absolute Gasteiger partial charge is 0.167 e. The number of hydrogen-bond donors (Lipinski definition) is 1. The van der Waals surface area contributed by atoms with Crippen molar-refractivity contribution in [2.75, 3.05) is 19.7 Å². The Balaban J connectivity index is 1.79. The molecule has 1 fully saturated rings. The number of ether oxygens (including phenoxy) is 2. The van der Waals surface area contributed by atoms with Crippen molar-refractivity contribution in [2.45, 2.75) is 38.9 Å². The van der Waals surface area contributed by atoms with Crippen LogP contribution < -0.4 is 10.1 Å². The highest BCUT2D eigenvalue weighted by atomic mass is 19.1. The van der Waals surface area contributed by atoms with E-state index in [1.165, 1.54) is 0 Å². The van der Waals surface area contributed by atoms with Crippen LogP contribution in [0.2, 0.25) is 0 Å². The quantitative estimate of drug-likeness (QED) is 0.859. The van der Waals surface area contributed by atoms with Gasteiger partial charge in [-0.15, -0.1) is 0 Å². The molecule has 2 atom stereocenters. The predicted molar refractivity (Wildman–Crippen MR) is 73.1 cm³/mol. The molecule has 0 spiro atoms. The highest BCUT2D eigenvalue weighted by molar-refractivity contribution is 5.30. The maximum Gasteiger partial charge on any atom is 0.167 e. The Labute approximate surface area is 114 Å². The molecule has 0 saturated carbocycles. The van der Waals surface area contributed by atoms with Crippen LogP contribution in [-0.2, 0) is 4.74 Å². The van der Waals surface area contributed by atoms with Gasteiger partial charge in [0, 0.05) is 6.54 Å². The molecule has 106 valence electrons. The summed E-state index contributed by atoms with van der Waals surface area (Å²) < 4.78 is 25.1. The van der Waals surface area contributed by atoms with Gasteiger partial charge >= 0.3 is 0 Å². The SMILES string of the molecule is CCNCC1CCC(COc2cccc(C)c2F)O1. The van der Waals surface area contributed by atoms with Crippen LogP contribution in [0.4, 0.5) is 4.39 Å². The summed E-state index contributed by atoms with van der Waals surface area (Å²) in [5.41, 5.74) is 0.606. The largest absolute Gasteiger partial charge is 0.488 e. The van der Waals surface area contributed by atoms with Gasteiger partial charge in [-0.05, 0) is 37.9 Å². The number of benzene rings is 1. The highest BCUT2D eigenvalue weighted by Crippen LogP contribution is 2.23. The average Bonchev–Trinajstić information content (AvgIpc) is 2.86. The van der Waals surface area contributed by atoms with Crippen molar-refractivity contribution in [1.29, 1.82) is 0 Å². The number of rotatable bonds is 6. The van der Waals surface area contributed by atoms with E-state index in [0.29, 0.717) is 17.9 Å². The van der Waals surface area contributed by atoms with Crippen molar-refractivity contribution in [3.63, 3.8) is 0 Å². The van der Waals surface area contributed by atoms with Gasteiger partial charge in [0.15, 0.2) is 11.6 Å². The summed E-state index contributed by atoms with van der Waals surface area (Å²) in [6.07, 6.45) is 2.35. The molecule has 1 aliphatic rings. The van der Waals surface area contributed by atoms with Crippen molar-refractivity contribution >= 4 is 0 Å². The van der Waals surface area contributed by atoms with Crippen molar-refractivity contribution in [2.24, 2.45) is 0 Å². The van der Waals surface area contributed by atoms with Crippen molar-refractivity contribution in [1.82, 2.24) is 5.32 Å². The zero-order valence-electron chi connectivity index (χ0n) is 11.6. The Hall–Kier alpha value is -1.13. The van der Waals surface area contributed by atoms with Gasteiger partial charge in [-0.25, -0.2) is 4.39 Å². The first-order chi connectivity index (χ1) is 9.20. The topological polar surface area (TPSA) is 30.5 Å². The minimum Gasteiger partial charge on any atom is -0.488 e. The van der Waals surface area contributed by atoms with Crippen LogP contribution in [0.5, 0.6) is 5.75 Å². The second-order valence-corrected chi connectivity index (χ2v) is 4.96. The first-order valence-corrected chi connectivity index (χ1v) is 6.94. The maximum absolute atomic E-state index is 13.7. The zero-order chi connectivity index (χ0) is 13.7. The van der Waals surface area contributed by atoms with E-state index in [9.17, 15) is 4.39 Å². The lowest BCUT2D eigenvalue weighted by Crippen LogP contribution is -2.28. The van der Waals surface area contributed by atoms with E-state index in [-0.39, 0.29) is 18.0 Å². The van der Waals surface area contributed by atoms with Crippen LogP contribution in [0.15, 0.2) is 18.2 Å². The molecule has 0 bridgehead atoms. The number of likely N-dealkylation sites (N-methyl/N-ethyl adjacent to an activating group) is 1. The fraction of sp³-hybridized carbons (Fsp3) is 0.600. The van der Waals surface area contributed by atoms with Gasteiger partial charge in [-0.3, -0.25) is 0 Å². The van der Waals surface area contributed by atoms with Crippen LogP contribution in [0.3, 0.4) is 0 Å². The molecule has 3 nitrogen and oxygen atoms in total. The molecule has 0 aliphatic carbocycles. The van der Waals surface area contributed by atoms with E-state index in [2.05, 4.69) is 12.2 Å². The third kappa shape index (κ3) is 3.91. The molecule has 1 saturated heterocycles. The maximum atomic E-state index is 13.7. The fourth-order valence-corrected chi connectivity index (χ4v) is 2.27. The Morgan fingerprint density at radius 3 is 2.95 bits per heavy atom. The fourth-order valence-electron chi connectivity index (χ4n) is 2.27. The molecule has 2 unspecified atom stereocenters. The third-order valence-electron chi connectivity index (χ3n) is 3.40. The minimum atomic E-state index is -0.273. The third-order valence-corrected chi connectivity index (χ3v) is 3.40. The Morgan fingerprint density at radius 1 is 1.37 bits per heavy atom. The lowest BCUT2D eigenvalue weighted by molar-refractivity contribution is 0.0180. The summed E-state index contributed by atoms with van der Waals surface area (Å²) in [5, 5.41) is 3.28. The molecule has 4 heteroatoms. The van der Waals surface area contributed by atoms with Crippen LogP contribution in [0, 0.1) is 12.7 Å². The summed E-state index contributed by atoms with van der Waals surface area (Å²) in [4.78, 5) is 0. The molecule has 19 heavy (non-hydrogen) atoms. The van der Waals surface area contributed by atoms with E-state index in [1.807, 2.05) is 0 Å². The highest BCUT2D eigenvalue weighted by Gasteiger charge is 2.25. The average molecular weight is 267 g/mol. The number of halogens is 1. The molecule has 1 aromatic carbocycles. The summed E-state index contributed by atoms with van der Waals surface area (Å²) in [6.45, 7) is 6.07. The van der Waals surface area contributed by atoms with Gasteiger partial charge in [0.1, 0.15) is 6.61 Å². The van der Waals surface area contributed by atoms with Crippen molar-refractivity contribution in [3.8, 4) is 5.75 Å². The van der Waals surface area contributed by atoms with Gasteiger partial charge < -0.3 is 14.8 Å². The molecular weight excluding hydrogens is 245 g/mol. The molecule has 0 radical (unpaired) electrons. The first-order valence-electron chi connectivity index (χ1n) is 6.94. The Morgan fingerprint density at radius 2 is 2.16 bits per heavy atom. The normalized spacial score (nSPS) is 22.7. The lowest BCUT2D eigenvalue weighted by Gasteiger charge is -2.15. The number of nitrogens with one attached hydrogen (secondary N) is 1. The Bertz CT molecular complexity index is 411. The molecule has 0 amide bonds. The minimum absolute atomic E-state index is 0.0727. The number of hydrogen-bond acceptors (Lipinski definition) is 3. The van der Waals surface area contributed by atoms with Crippen LogP contribution in [0.1, 0.15) is 25.3 Å².